The third kappa shape index (κ3) is 4.03. The van der Waals surface area contributed by atoms with Crippen molar-refractivity contribution >= 4 is 34.6 Å². The molecule has 7 nitrogen and oxygen atoms in total. The van der Waals surface area contributed by atoms with Crippen LogP contribution in [-0.2, 0) is 22.4 Å². The lowest BCUT2D eigenvalue weighted by Crippen LogP contribution is -2.21. The first-order chi connectivity index (χ1) is 12.0. The van der Waals surface area contributed by atoms with Crippen LogP contribution in [-0.4, -0.2) is 23.4 Å². The van der Waals surface area contributed by atoms with Gasteiger partial charge in [-0.2, -0.15) is 0 Å². The van der Waals surface area contributed by atoms with Crippen LogP contribution < -0.4 is 5.32 Å². The van der Waals surface area contributed by atoms with Gasteiger partial charge in [0.1, 0.15) is 0 Å². The van der Waals surface area contributed by atoms with Gasteiger partial charge in [0.25, 0.3) is 11.6 Å². The lowest BCUT2D eigenvalue weighted by Gasteiger charge is -2.12. The summed E-state index contributed by atoms with van der Waals surface area (Å²) in [4.78, 5) is 35.4. The maximum absolute atomic E-state index is 12.2. The number of nitro groups is 1. The van der Waals surface area contributed by atoms with Gasteiger partial charge in [-0.3, -0.25) is 14.9 Å². The predicted octanol–water partition coefficient (Wildman–Crippen LogP) is 3.33. The molecule has 25 heavy (non-hydrogen) atoms. The van der Waals surface area contributed by atoms with Crippen LogP contribution in [0.5, 0.6) is 0 Å². The summed E-state index contributed by atoms with van der Waals surface area (Å²) < 4.78 is 5.10. The van der Waals surface area contributed by atoms with Gasteiger partial charge in [0, 0.05) is 28.1 Å². The molecule has 0 radical (unpaired) electrons. The van der Waals surface area contributed by atoms with Crippen LogP contribution >= 0.6 is 11.3 Å². The molecule has 0 atom stereocenters. The van der Waals surface area contributed by atoms with Crippen LogP contribution in [0.1, 0.15) is 33.6 Å². The highest BCUT2D eigenvalue weighted by atomic mass is 32.1. The Hall–Kier alpha value is -2.74. The second-order valence-electron chi connectivity index (χ2n) is 5.69. The fourth-order valence-corrected chi connectivity index (χ4v) is 3.85. The maximum Gasteiger partial charge on any atom is 0.339 e. The number of thiophene rings is 1. The van der Waals surface area contributed by atoms with Gasteiger partial charge < -0.3 is 10.1 Å². The third-order valence-corrected chi connectivity index (χ3v) is 5.07. The zero-order valence-electron chi connectivity index (χ0n) is 13.3. The number of carbonyl (C=O) groups is 2. The zero-order valence-corrected chi connectivity index (χ0v) is 14.1. The van der Waals surface area contributed by atoms with Crippen molar-refractivity contribution in [1.29, 1.82) is 0 Å². The topological polar surface area (TPSA) is 98.5 Å². The van der Waals surface area contributed by atoms with Crippen LogP contribution in [0.25, 0.3) is 0 Å². The fraction of sp³-hybridized carbons (Fsp3) is 0.294. The Kier molecular flexibility index (Phi) is 5.08. The van der Waals surface area contributed by atoms with Gasteiger partial charge in [0.05, 0.1) is 10.5 Å². The molecule has 2 aromatic rings. The number of carbonyl (C=O) groups excluding carboxylic acids is 2. The molecule has 3 rings (SSSR count). The van der Waals surface area contributed by atoms with Gasteiger partial charge in [0.2, 0.25) is 0 Å². The molecule has 0 saturated carbocycles. The van der Waals surface area contributed by atoms with E-state index < -0.39 is 23.4 Å². The summed E-state index contributed by atoms with van der Waals surface area (Å²) in [6.45, 7) is -0.402. The van der Waals surface area contributed by atoms with Crippen LogP contribution in [0.15, 0.2) is 29.6 Å². The fourth-order valence-electron chi connectivity index (χ4n) is 2.74. The normalized spacial score (nSPS) is 13.0. The summed E-state index contributed by atoms with van der Waals surface area (Å²) in [6.07, 6.45) is 4.07. The van der Waals surface area contributed by atoms with Gasteiger partial charge in [-0.1, -0.05) is 0 Å². The molecule has 1 aliphatic carbocycles. The molecule has 1 heterocycles. The molecule has 0 fully saturated rings. The Morgan fingerprint density at radius 2 is 1.92 bits per heavy atom. The lowest BCUT2D eigenvalue weighted by atomic mass is 9.96. The third-order valence-electron chi connectivity index (χ3n) is 3.98. The largest absolute Gasteiger partial charge is 0.452 e. The maximum atomic E-state index is 12.2. The summed E-state index contributed by atoms with van der Waals surface area (Å²) in [5.41, 5.74) is 1.95. The van der Waals surface area contributed by atoms with Gasteiger partial charge in [-0.05, 0) is 43.4 Å². The van der Waals surface area contributed by atoms with Crippen LogP contribution in [0.2, 0.25) is 0 Å². The van der Waals surface area contributed by atoms with Crippen molar-refractivity contribution in [2.24, 2.45) is 0 Å². The molecule has 1 aromatic heterocycles. The second-order valence-corrected chi connectivity index (χ2v) is 6.65. The highest BCUT2D eigenvalue weighted by Crippen LogP contribution is 2.30. The Bertz CT molecular complexity index is 813. The van der Waals surface area contributed by atoms with Crippen LogP contribution in [0.3, 0.4) is 0 Å². The first kappa shape index (κ1) is 17.1. The van der Waals surface area contributed by atoms with Crippen molar-refractivity contribution in [2.45, 2.75) is 25.7 Å². The predicted molar refractivity (Wildman–Crippen MR) is 93.0 cm³/mol. The van der Waals surface area contributed by atoms with E-state index in [4.69, 9.17) is 4.74 Å². The number of rotatable bonds is 5. The number of benzene rings is 1. The molecule has 8 heteroatoms. The molecule has 0 saturated heterocycles. The van der Waals surface area contributed by atoms with Gasteiger partial charge in [-0.15, -0.1) is 11.3 Å². The molecule has 1 aromatic carbocycles. The molecule has 0 spiro atoms. The summed E-state index contributed by atoms with van der Waals surface area (Å²) in [5.74, 6) is -0.982. The first-order valence-corrected chi connectivity index (χ1v) is 8.73. The van der Waals surface area contributed by atoms with Crippen molar-refractivity contribution in [1.82, 2.24) is 0 Å². The number of ether oxygens (including phenoxy) is 1. The van der Waals surface area contributed by atoms with E-state index >= 15 is 0 Å². The van der Waals surface area contributed by atoms with Crippen molar-refractivity contribution in [3.8, 4) is 0 Å². The Labute approximate surface area is 147 Å². The van der Waals surface area contributed by atoms with E-state index in [-0.39, 0.29) is 5.69 Å². The number of anilines is 1. The van der Waals surface area contributed by atoms with Crippen molar-refractivity contribution in [2.75, 3.05) is 11.9 Å². The Morgan fingerprint density at radius 1 is 1.20 bits per heavy atom. The highest BCUT2D eigenvalue weighted by molar-refractivity contribution is 7.10. The second kappa shape index (κ2) is 7.43. The molecular weight excluding hydrogens is 344 g/mol. The summed E-state index contributed by atoms with van der Waals surface area (Å²) in [5, 5.41) is 14.9. The standard InChI is InChI=1S/C17H16N2O5S/c20-16(18-11-5-7-12(8-6-11)19(22)23)9-24-17(21)14-10-25-15-4-2-1-3-13(14)15/h5-8,10H,1-4,9H2,(H,18,20). The smallest absolute Gasteiger partial charge is 0.339 e. The quantitative estimate of drug-likeness (QED) is 0.501. The minimum Gasteiger partial charge on any atom is -0.452 e. The number of hydrogen-bond acceptors (Lipinski definition) is 6. The van der Waals surface area contributed by atoms with E-state index in [0.29, 0.717) is 11.3 Å². The van der Waals surface area contributed by atoms with Gasteiger partial charge >= 0.3 is 5.97 Å². The number of nitro benzene ring substituents is 1. The number of hydrogen-bond donors (Lipinski definition) is 1. The van der Waals surface area contributed by atoms with Crippen LogP contribution in [0.4, 0.5) is 11.4 Å². The molecular formula is C17H16N2O5S. The number of nitrogens with one attached hydrogen (secondary N) is 1. The van der Waals surface area contributed by atoms with E-state index in [2.05, 4.69) is 5.32 Å². The Balaban J connectivity index is 1.54. The van der Waals surface area contributed by atoms with E-state index in [0.717, 1.165) is 31.2 Å². The number of non-ortho nitro benzene ring substituents is 1. The number of amides is 1. The summed E-state index contributed by atoms with van der Waals surface area (Å²) >= 11 is 1.56. The molecule has 130 valence electrons. The summed E-state index contributed by atoms with van der Waals surface area (Å²) in [7, 11) is 0. The average Bonchev–Trinajstić information content (AvgIpc) is 3.04. The van der Waals surface area contributed by atoms with E-state index in [1.165, 1.54) is 29.1 Å². The number of aryl methyl sites for hydroxylation is 1. The van der Waals surface area contributed by atoms with Gasteiger partial charge in [0.15, 0.2) is 6.61 Å². The zero-order chi connectivity index (χ0) is 17.8. The van der Waals surface area contributed by atoms with Gasteiger partial charge in [-0.25, -0.2) is 4.79 Å². The molecule has 0 bridgehead atoms. The minimum atomic E-state index is -0.519. The van der Waals surface area contributed by atoms with Crippen molar-refractivity contribution in [3.63, 3.8) is 0 Å². The van der Waals surface area contributed by atoms with E-state index in [1.807, 2.05) is 0 Å². The van der Waals surface area contributed by atoms with Crippen molar-refractivity contribution < 1.29 is 19.2 Å². The molecule has 0 aliphatic heterocycles. The average molecular weight is 360 g/mol. The lowest BCUT2D eigenvalue weighted by molar-refractivity contribution is -0.384. The minimum absolute atomic E-state index is 0.0633. The number of fused-ring (bicyclic) bond motifs is 1. The molecule has 1 aliphatic rings. The first-order valence-electron chi connectivity index (χ1n) is 7.85. The van der Waals surface area contributed by atoms with E-state index in [9.17, 15) is 19.7 Å². The molecule has 0 unspecified atom stereocenters. The highest BCUT2D eigenvalue weighted by Gasteiger charge is 2.21. The van der Waals surface area contributed by atoms with Crippen LogP contribution in [0, 0.1) is 10.1 Å². The Morgan fingerprint density at radius 3 is 2.64 bits per heavy atom. The molecule has 1 amide bonds. The molecule has 1 N–H and O–H groups in total. The number of nitrogens with zero attached hydrogens (tertiary/aromatic N) is 1. The SMILES string of the molecule is O=C(COC(=O)c1csc2c1CCCC2)Nc1ccc([N+](=O)[O-])cc1. The van der Waals surface area contributed by atoms with E-state index in [1.54, 1.807) is 16.7 Å². The monoisotopic (exact) mass is 360 g/mol. The summed E-state index contributed by atoms with van der Waals surface area (Å²) in [6, 6.07) is 5.43. The van der Waals surface area contributed by atoms with Crippen molar-refractivity contribution in [3.05, 3.63) is 55.8 Å². The number of esters is 1.